The summed E-state index contributed by atoms with van der Waals surface area (Å²) < 4.78 is 0. The summed E-state index contributed by atoms with van der Waals surface area (Å²) >= 11 is 0. The largest absolute Gasteiger partial charge is 0.357 e. The number of aromatic nitrogens is 1. The summed E-state index contributed by atoms with van der Waals surface area (Å²) in [6.07, 6.45) is 7.56. The molecular weight excluding hydrogens is 515 g/mol. The maximum atomic E-state index is 12.0. The van der Waals surface area contributed by atoms with Crippen LogP contribution in [-0.4, -0.2) is 43.5 Å². The molecule has 2 aliphatic rings. The first-order chi connectivity index (χ1) is 15.2. The van der Waals surface area contributed by atoms with Crippen molar-refractivity contribution in [3.05, 3.63) is 53.7 Å². The van der Waals surface area contributed by atoms with E-state index in [4.69, 9.17) is 0 Å². The third kappa shape index (κ3) is 6.34. The van der Waals surface area contributed by atoms with Crippen molar-refractivity contribution in [3.8, 4) is 0 Å². The zero-order valence-corrected chi connectivity index (χ0v) is 21.0. The van der Waals surface area contributed by atoms with Crippen molar-refractivity contribution in [1.29, 1.82) is 0 Å². The van der Waals surface area contributed by atoms with Gasteiger partial charge in [-0.3, -0.25) is 9.79 Å². The van der Waals surface area contributed by atoms with Gasteiger partial charge >= 0.3 is 0 Å². The van der Waals surface area contributed by atoms with Gasteiger partial charge in [0.25, 0.3) is 0 Å². The van der Waals surface area contributed by atoms with Crippen molar-refractivity contribution in [2.45, 2.75) is 44.6 Å². The molecule has 0 saturated carbocycles. The summed E-state index contributed by atoms with van der Waals surface area (Å²) in [7, 11) is 1.76. The highest BCUT2D eigenvalue weighted by molar-refractivity contribution is 14.0. The highest BCUT2D eigenvalue weighted by Crippen LogP contribution is 2.31. The van der Waals surface area contributed by atoms with Crippen LogP contribution in [-0.2, 0) is 11.3 Å². The fourth-order valence-electron chi connectivity index (χ4n) is 4.32. The molecular formula is C24H33IN6O. The Balaban J connectivity index is 0.00000289. The van der Waals surface area contributed by atoms with Gasteiger partial charge in [-0.1, -0.05) is 37.1 Å². The van der Waals surface area contributed by atoms with E-state index in [0.717, 1.165) is 36.1 Å². The number of aliphatic imine (C=N–C) groups is 1. The van der Waals surface area contributed by atoms with Crippen molar-refractivity contribution in [2.24, 2.45) is 4.99 Å². The molecule has 172 valence electrons. The lowest BCUT2D eigenvalue weighted by Gasteiger charge is -2.26. The zero-order valence-electron chi connectivity index (χ0n) is 18.6. The molecule has 0 spiro atoms. The number of guanidine groups is 1. The first-order valence-electron chi connectivity index (χ1n) is 11.3. The van der Waals surface area contributed by atoms with Crippen LogP contribution in [0, 0.1) is 0 Å². The molecule has 1 unspecified atom stereocenters. The molecule has 2 aliphatic heterocycles. The summed E-state index contributed by atoms with van der Waals surface area (Å²) in [6.45, 7) is 3.50. The molecule has 32 heavy (non-hydrogen) atoms. The van der Waals surface area contributed by atoms with Gasteiger partial charge in [-0.15, -0.1) is 24.0 Å². The lowest BCUT2D eigenvalue weighted by molar-refractivity contribution is -0.116. The summed E-state index contributed by atoms with van der Waals surface area (Å²) in [5.41, 5.74) is 3.19. The van der Waals surface area contributed by atoms with Crippen LogP contribution >= 0.6 is 24.0 Å². The first-order valence-corrected chi connectivity index (χ1v) is 11.3. The number of benzene rings is 1. The Bertz CT molecular complexity index is 909. The van der Waals surface area contributed by atoms with Gasteiger partial charge in [0, 0.05) is 57.4 Å². The number of amides is 1. The minimum atomic E-state index is 0. The van der Waals surface area contributed by atoms with Gasteiger partial charge < -0.3 is 20.9 Å². The predicted molar refractivity (Wildman–Crippen MR) is 141 cm³/mol. The van der Waals surface area contributed by atoms with Gasteiger partial charge in [0.15, 0.2) is 5.96 Å². The molecule has 1 saturated heterocycles. The molecule has 0 bridgehead atoms. The van der Waals surface area contributed by atoms with Gasteiger partial charge in [0.2, 0.25) is 5.91 Å². The highest BCUT2D eigenvalue weighted by atomic mass is 127. The maximum absolute atomic E-state index is 12.0. The fraction of sp³-hybridized carbons (Fsp3) is 0.458. The number of carbonyl (C=O) groups excluding carboxylic acids is 1. The second-order valence-corrected chi connectivity index (χ2v) is 8.27. The van der Waals surface area contributed by atoms with Crippen molar-refractivity contribution >= 4 is 47.3 Å². The molecule has 1 aromatic carbocycles. The Kier molecular flexibility index (Phi) is 9.13. The fourth-order valence-corrected chi connectivity index (χ4v) is 4.32. The van der Waals surface area contributed by atoms with E-state index in [0.29, 0.717) is 19.5 Å². The van der Waals surface area contributed by atoms with Crippen LogP contribution in [0.1, 0.15) is 49.1 Å². The van der Waals surface area contributed by atoms with E-state index >= 15 is 0 Å². The first kappa shape index (κ1) is 24.3. The molecule has 1 amide bonds. The van der Waals surface area contributed by atoms with E-state index in [1.165, 1.54) is 31.2 Å². The third-order valence-electron chi connectivity index (χ3n) is 6.05. The molecule has 3 heterocycles. The number of hydrogen-bond acceptors (Lipinski definition) is 4. The topological polar surface area (TPSA) is 81.7 Å². The molecule has 0 aliphatic carbocycles. The van der Waals surface area contributed by atoms with Gasteiger partial charge in [-0.25, -0.2) is 4.98 Å². The van der Waals surface area contributed by atoms with Gasteiger partial charge in [0.1, 0.15) is 5.82 Å². The standard InChI is InChI=1S/C24H32N6O.HI/c1-25-24(28-17-19-14-23(31)29-21-9-5-4-8-20(19)21)27-16-18-10-11-22(26-15-18)30-12-6-2-3-7-13-30;/h4-5,8-11,15,19H,2-3,6-7,12-14,16-17H2,1H3,(H,29,31)(H2,25,27,28);1H. The molecule has 1 atom stereocenters. The molecule has 7 nitrogen and oxygen atoms in total. The van der Waals surface area contributed by atoms with Crippen molar-refractivity contribution < 1.29 is 4.79 Å². The number of halogens is 1. The van der Waals surface area contributed by atoms with Crippen LogP contribution in [0.5, 0.6) is 0 Å². The summed E-state index contributed by atoms with van der Waals surface area (Å²) in [6, 6.07) is 12.2. The Labute approximate surface area is 207 Å². The van der Waals surface area contributed by atoms with Crippen LogP contribution in [0.15, 0.2) is 47.6 Å². The van der Waals surface area contributed by atoms with Gasteiger partial charge in [-0.05, 0) is 36.1 Å². The molecule has 1 fully saturated rings. The normalized spacial score (nSPS) is 18.7. The summed E-state index contributed by atoms with van der Waals surface area (Å²) in [4.78, 5) is 23.4. The van der Waals surface area contributed by atoms with Crippen molar-refractivity contribution in [1.82, 2.24) is 15.6 Å². The number of anilines is 2. The minimum Gasteiger partial charge on any atom is -0.357 e. The quantitative estimate of drug-likeness (QED) is 0.301. The van der Waals surface area contributed by atoms with Crippen LogP contribution < -0.4 is 20.9 Å². The number of rotatable bonds is 5. The maximum Gasteiger partial charge on any atom is 0.225 e. The molecule has 4 rings (SSSR count). The predicted octanol–water partition coefficient (Wildman–Crippen LogP) is 3.87. The number of fused-ring (bicyclic) bond motifs is 1. The van der Waals surface area contributed by atoms with E-state index in [1.807, 2.05) is 24.4 Å². The SMILES string of the molecule is CN=C(NCc1ccc(N2CCCCCC2)nc1)NCC1CC(=O)Nc2ccccc21.I. The molecule has 2 aromatic rings. The van der Waals surface area contributed by atoms with E-state index < -0.39 is 0 Å². The van der Waals surface area contributed by atoms with Crippen molar-refractivity contribution in [3.63, 3.8) is 0 Å². The average molecular weight is 548 g/mol. The van der Waals surface area contributed by atoms with Crippen LogP contribution in [0.2, 0.25) is 0 Å². The second-order valence-electron chi connectivity index (χ2n) is 8.27. The van der Waals surface area contributed by atoms with Gasteiger partial charge in [0.05, 0.1) is 0 Å². The smallest absolute Gasteiger partial charge is 0.225 e. The Morgan fingerprint density at radius 2 is 1.91 bits per heavy atom. The number of nitrogens with zero attached hydrogens (tertiary/aromatic N) is 3. The lowest BCUT2D eigenvalue weighted by Crippen LogP contribution is -2.40. The molecule has 1 aromatic heterocycles. The van der Waals surface area contributed by atoms with Gasteiger partial charge in [-0.2, -0.15) is 0 Å². The Morgan fingerprint density at radius 3 is 2.62 bits per heavy atom. The van der Waals surface area contributed by atoms with E-state index in [9.17, 15) is 4.79 Å². The van der Waals surface area contributed by atoms with Crippen molar-refractivity contribution in [2.75, 3.05) is 36.9 Å². The molecule has 8 heteroatoms. The summed E-state index contributed by atoms with van der Waals surface area (Å²) in [5, 5.41) is 9.67. The van der Waals surface area contributed by atoms with Crippen LogP contribution in [0.4, 0.5) is 11.5 Å². The summed E-state index contributed by atoms with van der Waals surface area (Å²) in [5.74, 6) is 1.98. The average Bonchev–Trinajstić information content (AvgIpc) is 3.09. The number of para-hydroxylation sites is 1. The Hall–Kier alpha value is -2.36. The number of carbonyl (C=O) groups is 1. The van der Waals surface area contributed by atoms with E-state index in [-0.39, 0.29) is 35.8 Å². The zero-order chi connectivity index (χ0) is 21.5. The molecule has 0 radical (unpaired) electrons. The second kappa shape index (κ2) is 12.0. The van der Waals surface area contributed by atoms with Crippen LogP contribution in [0.25, 0.3) is 0 Å². The van der Waals surface area contributed by atoms with E-state index in [2.05, 4.69) is 49.0 Å². The Morgan fingerprint density at radius 1 is 1.12 bits per heavy atom. The highest BCUT2D eigenvalue weighted by Gasteiger charge is 2.24. The van der Waals surface area contributed by atoms with Crippen LogP contribution in [0.3, 0.4) is 0 Å². The number of hydrogen-bond donors (Lipinski definition) is 3. The number of pyridine rings is 1. The third-order valence-corrected chi connectivity index (χ3v) is 6.05. The number of nitrogens with one attached hydrogen (secondary N) is 3. The monoisotopic (exact) mass is 548 g/mol. The lowest BCUT2D eigenvalue weighted by atomic mass is 9.90. The minimum absolute atomic E-state index is 0. The van der Waals surface area contributed by atoms with E-state index in [1.54, 1.807) is 7.05 Å². The molecule has 3 N–H and O–H groups in total.